The molecule has 0 saturated carbocycles. The number of carbonyl (C=O) groups excluding carboxylic acids is 1. The van der Waals surface area contributed by atoms with Crippen LogP contribution in [0.4, 0.5) is 0 Å². The van der Waals surface area contributed by atoms with E-state index in [1.54, 1.807) is 13.1 Å². The summed E-state index contributed by atoms with van der Waals surface area (Å²) in [6, 6.07) is 10.2. The lowest BCUT2D eigenvalue weighted by atomic mass is 9.76. The van der Waals surface area contributed by atoms with Crippen LogP contribution in [0.2, 0.25) is 0 Å². The van der Waals surface area contributed by atoms with Gasteiger partial charge in [-0.1, -0.05) is 39.7 Å². The quantitative estimate of drug-likeness (QED) is 0.535. The number of nitrogens with zero attached hydrogens (tertiary/aromatic N) is 1. The van der Waals surface area contributed by atoms with Crippen molar-refractivity contribution in [2.45, 2.75) is 62.5 Å². The molecule has 3 rings (SSSR count). The fourth-order valence-corrected chi connectivity index (χ4v) is 5.45. The summed E-state index contributed by atoms with van der Waals surface area (Å²) in [5.74, 6) is 6.13. The summed E-state index contributed by atoms with van der Waals surface area (Å²) in [5.41, 5.74) is 4.04. The molecule has 146 valence electrons. The van der Waals surface area contributed by atoms with Crippen molar-refractivity contribution in [3.05, 3.63) is 58.9 Å². The van der Waals surface area contributed by atoms with E-state index in [0.29, 0.717) is 12.3 Å². The van der Waals surface area contributed by atoms with Crippen LogP contribution in [0.1, 0.15) is 63.4 Å². The molecule has 0 radical (unpaired) electrons. The van der Waals surface area contributed by atoms with E-state index in [9.17, 15) is 4.79 Å². The van der Waals surface area contributed by atoms with Gasteiger partial charge in [0.05, 0.1) is 13.0 Å². The van der Waals surface area contributed by atoms with Gasteiger partial charge in [-0.2, -0.15) is 0 Å². The number of rotatable bonds is 3. The summed E-state index contributed by atoms with van der Waals surface area (Å²) < 4.78 is 5.21. The highest BCUT2D eigenvalue weighted by molar-refractivity contribution is 8.00. The maximum Gasteiger partial charge on any atom is 0.310 e. The lowest BCUT2D eigenvalue weighted by Gasteiger charge is -2.41. The number of esters is 1. The van der Waals surface area contributed by atoms with Crippen molar-refractivity contribution in [3.63, 3.8) is 0 Å². The van der Waals surface area contributed by atoms with Gasteiger partial charge in [0.25, 0.3) is 0 Å². The smallest absolute Gasteiger partial charge is 0.310 e. The first kappa shape index (κ1) is 20.5. The Balaban J connectivity index is 1.77. The fourth-order valence-electron chi connectivity index (χ4n) is 3.84. The van der Waals surface area contributed by atoms with E-state index < -0.39 is 0 Å². The molecule has 0 aliphatic carbocycles. The normalized spacial score (nSPS) is 16.5. The molecule has 0 saturated heterocycles. The Morgan fingerprint density at radius 1 is 1.18 bits per heavy atom. The molecule has 28 heavy (non-hydrogen) atoms. The fraction of sp³-hybridized carbons (Fsp3) is 0.417. The van der Waals surface area contributed by atoms with Crippen LogP contribution in [0.3, 0.4) is 0 Å². The molecule has 0 N–H and O–H groups in total. The summed E-state index contributed by atoms with van der Waals surface area (Å²) in [7, 11) is 0. The first-order valence-electron chi connectivity index (χ1n) is 9.65. The van der Waals surface area contributed by atoms with Crippen molar-refractivity contribution in [2.75, 3.05) is 6.61 Å². The molecule has 0 spiro atoms. The van der Waals surface area contributed by atoms with Crippen molar-refractivity contribution in [2.24, 2.45) is 0 Å². The Bertz CT molecular complexity index is 933. The number of pyridine rings is 1. The SMILES string of the molecule is CCOC(=O)Cc1ccc(C#Cc2ccc3c(c2)C(C)(C)CC(C)(C)S3)nc1. The van der Waals surface area contributed by atoms with Gasteiger partial charge in [-0.25, -0.2) is 4.98 Å². The summed E-state index contributed by atoms with van der Waals surface area (Å²) >= 11 is 1.95. The number of ether oxygens (including phenoxy) is 1. The van der Waals surface area contributed by atoms with E-state index in [2.05, 4.69) is 62.7 Å². The first-order chi connectivity index (χ1) is 13.2. The van der Waals surface area contributed by atoms with Crippen LogP contribution < -0.4 is 0 Å². The van der Waals surface area contributed by atoms with E-state index in [-0.39, 0.29) is 22.6 Å². The predicted octanol–water partition coefficient (Wildman–Crippen LogP) is 5.14. The largest absolute Gasteiger partial charge is 0.466 e. The van der Waals surface area contributed by atoms with Crippen LogP contribution >= 0.6 is 11.8 Å². The van der Waals surface area contributed by atoms with Crippen molar-refractivity contribution < 1.29 is 9.53 Å². The standard InChI is InChI=1S/C24H27NO2S/c1-6-27-22(26)14-18-8-11-19(25-15-18)10-7-17-9-12-21-20(13-17)23(2,3)16-24(4,5)28-21/h8-9,11-13,15H,6,14,16H2,1-5H3. The van der Waals surface area contributed by atoms with Gasteiger partial charge in [0.1, 0.15) is 5.69 Å². The van der Waals surface area contributed by atoms with Crippen LogP contribution in [0, 0.1) is 11.8 Å². The molecular formula is C24H27NO2S. The second-order valence-electron chi connectivity index (χ2n) is 8.42. The zero-order chi connectivity index (χ0) is 20.4. The summed E-state index contributed by atoms with van der Waals surface area (Å²) in [6.07, 6.45) is 3.07. The van der Waals surface area contributed by atoms with E-state index in [1.165, 1.54) is 10.5 Å². The molecule has 1 aliphatic heterocycles. The third kappa shape index (κ3) is 4.97. The average molecular weight is 394 g/mol. The molecule has 1 aliphatic rings. The van der Waals surface area contributed by atoms with Crippen LogP contribution in [0.25, 0.3) is 0 Å². The molecule has 1 aromatic heterocycles. The third-order valence-electron chi connectivity index (χ3n) is 4.78. The Labute approximate surface area is 172 Å². The molecule has 0 amide bonds. The molecule has 4 heteroatoms. The zero-order valence-corrected chi connectivity index (χ0v) is 18.1. The maximum atomic E-state index is 11.5. The van der Waals surface area contributed by atoms with Crippen molar-refractivity contribution in [1.29, 1.82) is 0 Å². The molecule has 0 atom stereocenters. The number of hydrogen-bond acceptors (Lipinski definition) is 4. The number of aromatic nitrogens is 1. The van der Waals surface area contributed by atoms with Crippen LogP contribution in [0.5, 0.6) is 0 Å². The average Bonchev–Trinajstić information content (AvgIpc) is 2.60. The van der Waals surface area contributed by atoms with Gasteiger partial charge in [0.2, 0.25) is 0 Å². The number of fused-ring (bicyclic) bond motifs is 1. The minimum atomic E-state index is -0.235. The molecule has 3 nitrogen and oxygen atoms in total. The van der Waals surface area contributed by atoms with Crippen molar-refractivity contribution >= 4 is 17.7 Å². The monoisotopic (exact) mass is 393 g/mol. The van der Waals surface area contributed by atoms with Gasteiger partial charge < -0.3 is 4.74 Å². The lowest BCUT2D eigenvalue weighted by molar-refractivity contribution is -0.142. The van der Waals surface area contributed by atoms with E-state index >= 15 is 0 Å². The topological polar surface area (TPSA) is 39.2 Å². The Kier molecular flexibility index (Phi) is 5.86. The summed E-state index contributed by atoms with van der Waals surface area (Å²) in [6.45, 7) is 11.4. The van der Waals surface area contributed by atoms with Gasteiger partial charge in [-0.05, 0) is 60.1 Å². The van der Waals surface area contributed by atoms with Gasteiger partial charge in [0, 0.05) is 21.4 Å². The third-order valence-corrected chi connectivity index (χ3v) is 6.05. The van der Waals surface area contributed by atoms with Crippen molar-refractivity contribution in [3.8, 4) is 11.8 Å². The molecule has 2 aromatic rings. The molecule has 0 bridgehead atoms. The molecule has 2 heterocycles. The van der Waals surface area contributed by atoms with Gasteiger partial charge in [-0.3, -0.25) is 4.79 Å². The highest BCUT2D eigenvalue weighted by atomic mass is 32.2. The van der Waals surface area contributed by atoms with Crippen molar-refractivity contribution in [1.82, 2.24) is 4.98 Å². The molecular weight excluding hydrogens is 366 g/mol. The number of benzene rings is 1. The molecule has 0 unspecified atom stereocenters. The predicted molar refractivity (Wildman–Crippen MR) is 115 cm³/mol. The van der Waals surface area contributed by atoms with Crippen LogP contribution in [0.15, 0.2) is 41.4 Å². The first-order valence-corrected chi connectivity index (χ1v) is 10.5. The number of hydrogen-bond donors (Lipinski definition) is 0. The maximum absolute atomic E-state index is 11.5. The second kappa shape index (κ2) is 8.01. The zero-order valence-electron chi connectivity index (χ0n) is 17.3. The minimum Gasteiger partial charge on any atom is -0.466 e. The van der Waals surface area contributed by atoms with Crippen LogP contribution in [-0.4, -0.2) is 22.3 Å². The Hall–Kier alpha value is -2.25. The lowest BCUT2D eigenvalue weighted by Crippen LogP contribution is -2.33. The van der Waals surface area contributed by atoms with Crippen LogP contribution in [-0.2, 0) is 21.4 Å². The summed E-state index contributed by atoms with van der Waals surface area (Å²) in [5, 5.41) is 0. The van der Waals surface area contributed by atoms with Gasteiger partial charge in [-0.15, -0.1) is 11.8 Å². The Morgan fingerprint density at radius 2 is 1.96 bits per heavy atom. The summed E-state index contributed by atoms with van der Waals surface area (Å²) in [4.78, 5) is 17.2. The number of carbonyl (C=O) groups is 1. The minimum absolute atomic E-state index is 0.134. The highest BCUT2D eigenvalue weighted by Crippen LogP contribution is 2.50. The van der Waals surface area contributed by atoms with Gasteiger partial charge in [0.15, 0.2) is 0 Å². The molecule has 0 fully saturated rings. The Morgan fingerprint density at radius 3 is 2.64 bits per heavy atom. The van der Waals surface area contributed by atoms with Gasteiger partial charge >= 0.3 is 5.97 Å². The van der Waals surface area contributed by atoms with E-state index in [0.717, 1.165) is 17.5 Å². The van der Waals surface area contributed by atoms with E-state index in [4.69, 9.17) is 4.74 Å². The second-order valence-corrected chi connectivity index (χ2v) is 10.2. The number of thioether (sulfide) groups is 1. The molecule has 1 aromatic carbocycles. The van der Waals surface area contributed by atoms with E-state index in [1.807, 2.05) is 23.9 Å². The highest BCUT2D eigenvalue weighted by Gasteiger charge is 2.37.